The minimum absolute atomic E-state index is 0.0547. The number of nitrogens with one attached hydrogen (secondary N) is 1. The van der Waals surface area contributed by atoms with Crippen LogP contribution in [0.2, 0.25) is 0 Å². The van der Waals surface area contributed by atoms with Crippen molar-refractivity contribution in [2.45, 2.75) is 6.54 Å². The van der Waals surface area contributed by atoms with Gasteiger partial charge in [-0.15, -0.1) is 0 Å². The first-order valence-corrected chi connectivity index (χ1v) is 7.03. The third kappa shape index (κ3) is 3.28. The van der Waals surface area contributed by atoms with Gasteiger partial charge in [-0.25, -0.2) is 9.37 Å². The lowest BCUT2D eigenvalue weighted by atomic mass is 10.2. The molecule has 2 aromatic rings. The van der Waals surface area contributed by atoms with Gasteiger partial charge in [0.05, 0.1) is 0 Å². The van der Waals surface area contributed by atoms with Crippen LogP contribution in [0.1, 0.15) is 5.56 Å². The number of hydrogen-bond acceptors (Lipinski definition) is 4. The van der Waals surface area contributed by atoms with Gasteiger partial charge in [0.15, 0.2) is 18.2 Å². The maximum Gasteiger partial charge on any atom is 0.266 e. The van der Waals surface area contributed by atoms with E-state index in [4.69, 9.17) is 4.74 Å². The van der Waals surface area contributed by atoms with Gasteiger partial charge in [0, 0.05) is 18.3 Å². The van der Waals surface area contributed by atoms with E-state index >= 15 is 0 Å². The van der Waals surface area contributed by atoms with E-state index in [1.165, 1.54) is 17.2 Å². The summed E-state index contributed by atoms with van der Waals surface area (Å²) in [6, 6.07) is 9.55. The Balaban J connectivity index is 1.66. The monoisotopic (exact) mass is 315 g/mol. The number of pyridine rings is 1. The molecule has 0 saturated heterocycles. The average Bonchev–Trinajstić information content (AvgIpc) is 2.57. The molecule has 0 saturated carbocycles. The van der Waals surface area contributed by atoms with Crippen molar-refractivity contribution in [1.29, 1.82) is 0 Å². The van der Waals surface area contributed by atoms with E-state index in [2.05, 4.69) is 10.3 Å². The number of halogens is 1. The average molecular weight is 315 g/mol. The summed E-state index contributed by atoms with van der Waals surface area (Å²) in [4.78, 5) is 29.3. The van der Waals surface area contributed by atoms with Crippen molar-refractivity contribution < 1.29 is 18.7 Å². The van der Waals surface area contributed by atoms with Crippen LogP contribution in [0.3, 0.4) is 0 Å². The second kappa shape index (κ2) is 6.43. The van der Waals surface area contributed by atoms with Gasteiger partial charge >= 0.3 is 0 Å². The van der Waals surface area contributed by atoms with Crippen LogP contribution in [0.25, 0.3) is 0 Å². The highest BCUT2D eigenvalue weighted by Crippen LogP contribution is 2.28. The molecule has 2 heterocycles. The Kier molecular flexibility index (Phi) is 4.18. The third-order valence-corrected chi connectivity index (χ3v) is 3.39. The van der Waals surface area contributed by atoms with Crippen molar-refractivity contribution in [2.24, 2.45) is 0 Å². The van der Waals surface area contributed by atoms with Crippen LogP contribution in [0.15, 0.2) is 42.6 Å². The molecule has 3 rings (SSSR count). The smallest absolute Gasteiger partial charge is 0.266 e. The minimum Gasteiger partial charge on any atom is -0.480 e. The van der Waals surface area contributed by atoms with Gasteiger partial charge < -0.3 is 10.1 Å². The molecule has 1 aliphatic rings. The molecule has 118 valence electrons. The molecule has 0 aliphatic carbocycles. The first kappa shape index (κ1) is 15.0. The fourth-order valence-electron chi connectivity index (χ4n) is 2.23. The first-order valence-electron chi connectivity index (χ1n) is 7.03. The van der Waals surface area contributed by atoms with Crippen molar-refractivity contribution in [3.05, 3.63) is 54.0 Å². The predicted molar refractivity (Wildman–Crippen MR) is 80.3 cm³/mol. The minimum atomic E-state index is -0.403. The van der Waals surface area contributed by atoms with Crippen LogP contribution in [-0.4, -0.2) is 29.9 Å². The SMILES string of the molecule is O=C(CN1C(=O)COc2cccnc21)NCc1ccccc1F. The predicted octanol–water partition coefficient (Wildman–Crippen LogP) is 1.26. The summed E-state index contributed by atoms with van der Waals surface area (Å²) in [5.74, 6) is -0.376. The highest BCUT2D eigenvalue weighted by Gasteiger charge is 2.28. The molecule has 0 unspecified atom stereocenters. The Bertz CT molecular complexity index is 751. The molecule has 1 aromatic heterocycles. The molecule has 1 N–H and O–H groups in total. The molecule has 1 aromatic carbocycles. The van der Waals surface area contributed by atoms with Crippen LogP contribution < -0.4 is 15.0 Å². The van der Waals surface area contributed by atoms with Crippen LogP contribution in [0.4, 0.5) is 10.2 Å². The summed E-state index contributed by atoms with van der Waals surface area (Å²) in [5.41, 5.74) is 0.382. The molecule has 0 fully saturated rings. The zero-order chi connectivity index (χ0) is 16.2. The van der Waals surface area contributed by atoms with Gasteiger partial charge in [-0.1, -0.05) is 18.2 Å². The molecule has 1 aliphatic heterocycles. The van der Waals surface area contributed by atoms with Gasteiger partial charge in [0.2, 0.25) is 5.91 Å². The fraction of sp³-hybridized carbons (Fsp3) is 0.188. The lowest BCUT2D eigenvalue weighted by molar-refractivity contribution is -0.125. The number of rotatable bonds is 4. The van der Waals surface area contributed by atoms with Crippen LogP contribution in [0.5, 0.6) is 5.75 Å². The molecule has 0 radical (unpaired) electrons. The number of aromatic nitrogens is 1. The van der Waals surface area contributed by atoms with Gasteiger partial charge in [-0.2, -0.15) is 0 Å². The Morgan fingerprint density at radius 3 is 2.96 bits per heavy atom. The largest absolute Gasteiger partial charge is 0.480 e. The molecular weight excluding hydrogens is 301 g/mol. The number of nitrogens with zero attached hydrogens (tertiary/aromatic N) is 2. The summed E-state index contributed by atoms with van der Waals surface area (Å²) >= 11 is 0. The number of fused-ring (bicyclic) bond motifs is 1. The van der Waals surface area contributed by atoms with E-state index in [1.807, 2.05) is 0 Å². The van der Waals surface area contributed by atoms with Crippen molar-refractivity contribution >= 4 is 17.6 Å². The quantitative estimate of drug-likeness (QED) is 0.922. The van der Waals surface area contributed by atoms with Crippen molar-refractivity contribution in [1.82, 2.24) is 10.3 Å². The van der Waals surface area contributed by atoms with E-state index in [-0.39, 0.29) is 31.4 Å². The van der Waals surface area contributed by atoms with Crippen molar-refractivity contribution in [3.8, 4) is 5.75 Å². The van der Waals surface area contributed by atoms with Gasteiger partial charge in [0.25, 0.3) is 5.91 Å². The number of hydrogen-bond donors (Lipinski definition) is 1. The Labute approximate surface area is 131 Å². The second-order valence-corrected chi connectivity index (χ2v) is 4.96. The molecule has 23 heavy (non-hydrogen) atoms. The summed E-state index contributed by atoms with van der Waals surface area (Å²) in [6.07, 6.45) is 1.52. The fourth-order valence-corrected chi connectivity index (χ4v) is 2.23. The van der Waals surface area contributed by atoms with Crippen LogP contribution in [0, 0.1) is 5.82 Å². The van der Waals surface area contributed by atoms with Crippen LogP contribution in [-0.2, 0) is 16.1 Å². The van der Waals surface area contributed by atoms with Crippen LogP contribution >= 0.6 is 0 Å². The Morgan fingerprint density at radius 1 is 1.30 bits per heavy atom. The number of anilines is 1. The maximum absolute atomic E-state index is 13.5. The van der Waals surface area contributed by atoms with Gasteiger partial charge in [-0.05, 0) is 18.2 Å². The number of carbonyl (C=O) groups excluding carboxylic acids is 2. The van der Waals surface area contributed by atoms with Gasteiger partial charge in [-0.3, -0.25) is 14.5 Å². The molecule has 0 atom stereocenters. The Morgan fingerprint density at radius 2 is 2.13 bits per heavy atom. The second-order valence-electron chi connectivity index (χ2n) is 4.96. The topological polar surface area (TPSA) is 71.5 Å². The highest BCUT2D eigenvalue weighted by molar-refractivity contribution is 6.01. The number of carbonyl (C=O) groups is 2. The summed E-state index contributed by atoms with van der Waals surface area (Å²) in [6.45, 7) is -0.279. The molecule has 2 amide bonds. The number of amides is 2. The zero-order valence-electron chi connectivity index (χ0n) is 12.2. The lowest BCUT2D eigenvalue weighted by Crippen LogP contribution is -2.45. The Hall–Kier alpha value is -2.96. The van der Waals surface area contributed by atoms with Crippen molar-refractivity contribution in [3.63, 3.8) is 0 Å². The highest BCUT2D eigenvalue weighted by atomic mass is 19.1. The molecule has 7 heteroatoms. The van der Waals surface area contributed by atoms with E-state index in [9.17, 15) is 14.0 Å². The number of benzene rings is 1. The number of ether oxygens (including phenoxy) is 1. The third-order valence-electron chi connectivity index (χ3n) is 3.39. The summed E-state index contributed by atoms with van der Waals surface area (Å²) in [7, 11) is 0. The van der Waals surface area contributed by atoms with E-state index in [0.29, 0.717) is 17.1 Å². The summed E-state index contributed by atoms with van der Waals surface area (Å²) in [5, 5.41) is 2.60. The molecule has 0 spiro atoms. The first-order chi connectivity index (χ1) is 11.1. The standard InChI is InChI=1S/C16H14FN3O3/c17-12-5-2-1-4-11(12)8-19-14(21)9-20-15(22)10-23-13-6-3-7-18-16(13)20/h1-7H,8-10H2,(H,19,21). The maximum atomic E-state index is 13.5. The lowest BCUT2D eigenvalue weighted by Gasteiger charge is -2.27. The molecule has 0 bridgehead atoms. The molecular formula is C16H14FN3O3. The van der Waals surface area contributed by atoms with Gasteiger partial charge in [0.1, 0.15) is 12.4 Å². The molecule has 6 nitrogen and oxygen atoms in total. The van der Waals surface area contributed by atoms with E-state index in [1.54, 1.807) is 30.3 Å². The summed E-state index contributed by atoms with van der Waals surface area (Å²) < 4.78 is 18.8. The van der Waals surface area contributed by atoms with Crippen molar-refractivity contribution in [2.75, 3.05) is 18.1 Å². The zero-order valence-corrected chi connectivity index (χ0v) is 12.2. The normalized spacial score (nSPS) is 13.3. The van der Waals surface area contributed by atoms with E-state index in [0.717, 1.165) is 0 Å². The van der Waals surface area contributed by atoms with E-state index < -0.39 is 5.91 Å².